The summed E-state index contributed by atoms with van der Waals surface area (Å²) in [7, 11) is 0. The second kappa shape index (κ2) is 16.0. The zero-order chi connectivity index (χ0) is 25.6. The van der Waals surface area contributed by atoms with Crippen LogP contribution in [0.1, 0.15) is 113 Å². The van der Waals surface area contributed by atoms with E-state index >= 15 is 0 Å². The smallest absolute Gasteiger partial charge is 0.201 e. The van der Waals surface area contributed by atoms with Crippen LogP contribution in [0, 0.1) is 11.6 Å². The lowest BCUT2D eigenvalue weighted by Gasteiger charge is -2.30. The molecule has 1 aliphatic rings. The topological polar surface area (TPSA) is 27.7 Å². The van der Waals surface area contributed by atoms with Crippen molar-refractivity contribution in [2.75, 3.05) is 19.8 Å². The summed E-state index contributed by atoms with van der Waals surface area (Å²) >= 11 is 0. The number of aryl methyl sites for hydroxylation is 1. The van der Waals surface area contributed by atoms with Crippen molar-refractivity contribution in [2.45, 2.75) is 103 Å². The molecular weight excluding hydrogens is 458 g/mol. The van der Waals surface area contributed by atoms with Crippen LogP contribution in [-0.4, -0.2) is 19.8 Å². The van der Waals surface area contributed by atoms with E-state index in [1.165, 1.54) is 69.1 Å². The normalized spacial score (nSPS) is 17.9. The number of benzene rings is 2. The highest BCUT2D eigenvalue weighted by Gasteiger charge is 2.28. The number of ether oxygens (including phenoxy) is 3. The molecule has 1 aliphatic heterocycles. The van der Waals surface area contributed by atoms with Crippen LogP contribution in [0.15, 0.2) is 36.4 Å². The summed E-state index contributed by atoms with van der Waals surface area (Å²) in [6, 6.07) is 11.6. The van der Waals surface area contributed by atoms with Gasteiger partial charge in [0.05, 0.1) is 19.8 Å². The Morgan fingerprint density at radius 3 is 2.00 bits per heavy atom. The summed E-state index contributed by atoms with van der Waals surface area (Å²) in [5.41, 5.74) is 2.58. The van der Waals surface area contributed by atoms with E-state index in [1.54, 1.807) is 0 Å². The summed E-state index contributed by atoms with van der Waals surface area (Å²) in [5.74, 6) is -1.91. The van der Waals surface area contributed by atoms with Crippen LogP contribution < -0.4 is 4.74 Å². The van der Waals surface area contributed by atoms with Crippen molar-refractivity contribution in [1.29, 1.82) is 0 Å². The van der Waals surface area contributed by atoms with Gasteiger partial charge in [0.15, 0.2) is 17.9 Å². The standard InChI is InChI=1S/C31H44F2O3/c1-3-5-7-9-11-13-21-34-28-20-19-27(29(32)30(28)33)31-35-22-26(23-36-31)25-17-15-24(16-18-25)14-12-10-8-6-4-2/h15-20,26,31H,3-14,21-23H2,1-2H3. The van der Waals surface area contributed by atoms with E-state index in [2.05, 4.69) is 38.1 Å². The van der Waals surface area contributed by atoms with Gasteiger partial charge in [-0.15, -0.1) is 0 Å². The Bertz CT molecular complexity index is 876. The van der Waals surface area contributed by atoms with E-state index in [-0.39, 0.29) is 17.2 Å². The highest BCUT2D eigenvalue weighted by molar-refractivity contribution is 5.32. The monoisotopic (exact) mass is 502 g/mol. The van der Waals surface area contributed by atoms with Crippen LogP contribution in [0.3, 0.4) is 0 Å². The van der Waals surface area contributed by atoms with Crippen molar-refractivity contribution in [1.82, 2.24) is 0 Å². The molecule has 0 atom stereocenters. The molecule has 2 aromatic rings. The van der Waals surface area contributed by atoms with Gasteiger partial charge in [0.1, 0.15) is 0 Å². The minimum Gasteiger partial charge on any atom is -0.490 e. The molecule has 0 spiro atoms. The molecule has 0 saturated carbocycles. The van der Waals surface area contributed by atoms with Crippen molar-refractivity contribution in [2.24, 2.45) is 0 Å². The van der Waals surface area contributed by atoms with Crippen LogP contribution in [0.25, 0.3) is 0 Å². The molecule has 1 fully saturated rings. The molecule has 0 N–H and O–H groups in total. The van der Waals surface area contributed by atoms with Crippen molar-refractivity contribution in [3.05, 3.63) is 64.7 Å². The highest BCUT2D eigenvalue weighted by atomic mass is 19.2. The van der Waals surface area contributed by atoms with E-state index in [9.17, 15) is 8.78 Å². The van der Waals surface area contributed by atoms with E-state index < -0.39 is 17.9 Å². The first-order valence-electron chi connectivity index (χ1n) is 14.1. The summed E-state index contributed by atoms with van der Waals surface area (Å²) < 4.78 is 46.5. The Balaban J connectivity index is 1.44. The van der Waals surface area contributed by atoms with Gasteiger partial charge in [-0.3, -0.25) is 0 Å². The fourth-order valence-corrected chi connectivity index (χ4v) is 4.67. The average Bonchev–Trinajstić information content (AvgIpc) is 2.91. The predicted octanol–water partition coefficient (Wildman–Crippen LogP) is 9.05. The number of hydrogen-bond acceptors (Lipinski definition) is 3. The van der Waals surface area contributed by atoms with Gasteiger partial charge in [-0.2, -0.15) is 4.39 Å². The molecule has 1 saturated heterocycles. The summed E-state index contributed by atoms with van der Waals surface area (Å²) in [5, 5.41) is 0. The Morgan fingerprint density at radius 1 is 0.722 bits per heavy atom. The van der Waals surface area contributed by atoms with Gasteiger partial charge in [0.2, 0.25) is 5.82 Å². The first-order chi connectivity index (χ1) is 17.6. The van der Waals surface area contributed by atoms with Crippen LogP contribution in [-0.2, 0) is 15.9 Å². The first-order valence-corrected chi connectivity index (χ1v) is 14.1. The molecule has 36 heavy (non-hydrogen) atoms. The minimum absolute atomic E-state index is 0.0519. The second-order valence-corrected chi connectivity index (χ2v) is 10.00. The Kier molecular flexibility index (Phi) is 12.7. The maximum absolute atomic E-state index is 14.8. The van der Waals surface area contributed by atoms with Gasteiger partial charge in [-0.1, -0.05) is 95.9 Å². The lowest BCUT2D eigenvalue weighted by atomic mass is 9.97. The SMILES string of the molecule is CCCCCCCCOc1ccc(C2OCC(c3ccc(CCCCCCC)cc3)CO2)c(F)c1F. The fourth-order valence-electron chi connectivity index (χ4n) is 4.67. The number of hydrogen-bond donors (Lipinski definition) is 0. The third kappa shape index (κ3) is 8.85. The van der Waals surface area contributed by atoms with Gasteiger partial charge >= 0.3 is 0 Å². The first kappa shape index (κ1) is 28.6. The van der Waals surface area contributed by atoms with Gasteiger partial charge in [0, 0.05) is 11.5 Å². The lowest BCUT2D eigenvalue weighted by molar-refractivity contribution is -0.193. The summed E-state index contributed by atoms with van der Waals surface area (Å²) in [6.45, 7) is 5.60. The van der Waals surface area contributed by atoms with E-state index in [1.807, 2.05) is 0 Å². The maximum Gasteiger partial charge on any atom is 0.201 e. The van der Waals surface area contributed by atoms with Gasteiger partial charge in [0.25, 0.3) is 0 Å². The van der Waals surface area contributed by atoms with Crippen LogP contribution in [0.2, 0.25) is 0 Å². The molecule has 1 heterocycles. The molecule has 0 amide bonds. The molecule has 0 bridgehead atoms. The number of rotatable bonds is 16. The molecule has 5 heteroatoms. The van der Waals surface area contributed by atoms with Crippen LogP contribution >= 0.6 is 0 Å². The highest BCUT2D eigenvalue weighted by Crippen LogP contribution is 2.34. The molecule has 0 unspecified atom stereocenters. The predicted molar refractivity (Wildman–Crippen MR) is 142 cm³/mol. The van der Waals surface area contributed by atoms with Crippen LogP contribution in [0.4, 0.5) is 8.78 Å². The molecule has 0 aromatic heterocycles. The third-order valence-corrected chi connectivity index (χ3v) is 7.00. The molecule has 2 aromatic carbocycles. The molecule has 0 aliphatic carbocycles. The van der Waals surface area contributed by atoms with Crippen molar-refractivity contribution in [3.63, 3.8) is 0 Å². The van der Waals surface area contributed by atoms with Crippen LogP contribution in [0.5, 0.6) is 5.75 Å². The fraction of sp³-hybridized carbons (Fsp3) is 0.613. The Morgan fingerprint density at radius 2 is 1.33 bits per heavy atom. The molecule has 0 radical (unpaired) electrons. The van der Waals surface area contributed by atoms with Crippen molar-refractivity contribution >= 4 is 0 Å². The van der Waals surface area contributed by atoms with E-state index in [0.29, 0.717) is 19.8 Å². The van der Waals surface area contributed by atoms with Crippen molar-refractivity contribution in [3.8, 4) is 5.75 Å². The molecule has 3 rings (SSSR count). The molecule has 3 nitrogen and oxygen atoms in total. The maximum atomic E-state index is 14.8. The van der Waals surface area contributed by atoms with E-state index in [4.69, 9.17) is 14.2 Å². The number of unbranched alkanes of at least 4 members (excludes halogenated alkanes) is 9. The zero-order valence-corrected chi connectivity index (χ0v) is 22.2. The summed E-state index contributed by atoms with van der Waals surface area (Å²) in [4.78, 5) is 0. The zero-order valence-electron chi connectivity index (χ0n) is 22.2. The molecular formula is C31H44F2O3. The van der Waals surface area contributed by atoms with E-state index in [0.717, 1.165) is 31.2 Å². The molecule has 200 valence electrons. The minimum atomic E-state index is -0.974. The Labute approximate surface area is 216 Å². The van der Waals surface area contributed by atoms with Crippen molar-refractivity contribution < 1.29 is 23.0 Å². The van der Waals surface area contributed by atoms with Gasteiger partial charge < -0.3 is 14.2 Å². The van der Waals surface area contributed by atoms with Gasteiger partial charge in [-0.25, -0.2) is 4.39 Å². The second-order valence-electron chi connectivity index (χ2n) is 10.00. The largest absolute Gasteiger partial charge is 0.490 e. The van der Waals surface area contributed by atoms with Gasteiger partial charge in [-0.05, 0) is 42.5 Å². The number of halogens is 2. The summed E-state index contributed by atoms with van der Waals surface area (Å²) in [6.07, 6.45) is 13.3. The lowest BCUT2D eigenvalue weighted by Crippen LogP contribution is -2.26. The average molecular weight is 503 g/mol. The quantitative estimate of drug-likeness (QED) is 0.214. The Hall–Kier alpha value is -1.98. The third-order valence-electron chi connectivity index (χ3n) is 7.00.